The summed E-state index contributed by atoms with van der Waals surface area (Å²) in [7, 11) is 1.60. The normalized spacial score (nSPS) is 15.2. The highest BCUT2D eigenvalue weighted by atomic mass is 35.5. The Morgan fingerprint density at radius 2 is 1.97 bits per heavy atom. The summed E-state index contributed by atoms with van der Waals surface area (Å²) in [5, 5.41) is 0.373. The summed E-state index contributed by atoms with van der Waals surface area (Å²) in [6, 6.07) is 12.1. The molecule has 0 bridgehead atoms. The third-order valence-corrected chi connectivity index (χ3v) is 6.35. The van der Waals surface area contributed by atoms with Crippen LogP contribution in [0.15, 0.2) is 58.4 Å². The maximum Gasteiger partial charge on any atom is 0.269 e. The van der Waals surface area contributed by atoms with Crippen LogP contribution in [0.5, 0.6) is 11.6 Å². The van der Waals surface area contributed by atoms with Gasteiger partial charge in [0.05, 0.1) is 9.93 Å². The average molecular weight is 488 g/mol. The fourth-order valence-electron chi connectivity index (χ4n) is 3.11. The highest BCUT2D eigenvalue weighted by molar-refractivity contribution is 8.26. The molecule has 1 fully saturated rings. The van der Waals surface area contributed by atoms with Crippen LogP contribution in [0.25, 0.3) is 11.7 Å². The van der Waals surface area contributed by atoms with Gasteiger partial charge in [-0.25, -0.2) is 0 Å². The van der Waals surface area contributed by atoms with E-state index in [0.717, 1.165) is 11.8 Å². The van der Waals surface area contributed by atoms with Gasteiger partial charge in [0.2, 0.25) is 5.88 Å². The van der Waals surface area contributed by atoms with Crippen molar-refractivity contribution in [3.8, 4) is 11.6 Å². The fourth-order valence-corrected chi connectivity index (χ4v) is 4.57. The molecule has 164 valence electrons. The van der Waals surface area contributed by atoms with Crippen LogP contribution >= 0.6 is 35.6 Å². The van der Waals surface area contributed by atoms with Gasteiger partial charge in [-0.05, 0) is 36.8 Å². The summed E-state index contributed by atoms with van der Waals surface area (Å²) in [6.07, 6.45) is 3.74. The summed E-state index contributed by atoms with van der Waals surface area (Å²) >= 11 is 12.7. The van der Waals surface area contributed by atoms with Gasteiger partial charge in [-0.15, -0.1) is 0 Å². The van der Waals surface area contributed by atoms with Gasteiger partial charge >= 0.3 is 0 Å². The second kappa shape index (κ2) is 9.83. The number of halogens is 1. The van der Waals surface area contributed by atoms with E-state index in [1.807, 2.05) is 0 Å². The summed E-state index contributed by atoms with van der Waals surface area (Å²) in [5.74, 6) is 0.138. The average Bonchev–Trinajstić information content (AvgIpc) is 3.05. The van der Waals surface area contributed by atoms with Crippen LogP contribution < -0.4 is 10.3 Å². The smallest absolute Gasteiger partial charge is 0.269 e. The lowest BCUT2D eigenvalue weighted by atomic mass is 10.2. The van der Waals surface area contributed by atoms with Crippen LogP contribution in [0.2, 0.25) is 5.02 Å². The molecule has 0 radical (unpaired) electrons. The molecule has 0 saturated carbocycles. The molecule has 1 aliphatic heterocycles. The number of carbonyl (C=O) groups is 1. The molecule has 2 aromatic heterocycles. The maximum absolute atomic E-state index is 13.3. The molecule has 4 rings (SSSR count). The minimum Gasteiger partial charge on any atom is -0.437 e. The van der Waals surface area contributed by atoms with Crippen molar-refractivity contribution in [2.45, 2.75) is 6.42 Å². The first kappa shape index (κ1) is 22.5. The van der Waals surface area contributed by atoms with Crippen LogP contribution in [-0.2, 0) is 9.53 Å². The standard InChI is InChI=1S/C22H18ClN3O4S2/c1-29-12-6-11-26-21(28)17(32-22(26)31)13-14-19(30-16-8-3-2-7-15(16)23)24-18-9-4-5-10-25(18)20(14)27/h2-5,7-10,13H,6,11-12H2,1H3/b17-13-. The molecule has 1 aromatic carbocycles. The first-order valence-corrected chi connectivity index (χ1v) is 11.3. The number of benzene rings is 1. The van der Waals surface area contributed by atoms with E-state index in [1.165, 1.54) is 15.4 Å². The van der Waals surface area contributed by atoms with Crippen LogP contribution in [0.3, 0.4) is 0 Å². The number of carbonyl (C=O) groups excluding carboxylic acids is 1. The van der Waals surface area contributed by atoms with E-state index >= 15 is 0 Å². The molecule has 0 N–H and O–H groups in total. The fraction of sp³-hybridized carbons (Fsp3) is 0.182. The second-order valence-electron chi connectivity index (χ2n) is 6.78. The molecule has 3 heterocycles. The molecule has 0 aliphatic carbocycles. The number of fused-ring (bicyclic) bond motifs is 1. The molecule has 0 atom stereocenters. The molecule has 0 spiro atoms. The number of rotatable bonds is 7. The molecule has 32 heavy (non-hydrogen) atoms. The Bertz CT molecular complexity index is 1290. The van der Waals surface area contributed by atoms with E-state index < -0.39 is 0 Å². The zero-order valence-corrected chi connectivity index (χ0v) is 19.4. The molecular formula is C22H18ClN3O4S2. The Morgan fingerprint density at radius 3 is 2.75 bits per heavy atom. The molecule has 1 amide bonds. The second-order valence-corrected chi connectivity index (χ2v) is 8.86. The molecular weight excluding hydrogens is 470 g/mol. The summed E-state index contributed by atoms with van der Waals surface area (Å²) in [5.41, 5.74) is 0.164. The Balaban J connectivity index is 1.78. The topological polar surface area (TPSA) is 73.1 Å². The lowest BCUT2D eigenvalue weighted by Gasteiger charge is -2.13. The highest BCUT2D eigenvalue weighted by Crippen LogP contribution is 2.35. The van der Waals surface area contributed by atoms with Crippen LogP contribution in [0.4, 0.5) is 0 Å². The number of methoxy groups -OCH3 is 1. The van der Waals surface area contributed by atoms with E-state index in [1.54, 1.807) is 55.8 Å². The van der Waals surface area contributed by atoms with Gasteiger partial charge in [-0.2, -0.15) is 4.98 Å². The quantitative estimate of drug-likeness (QED) is 0.278. The molecule has 7 nitrogen and oxygen atoms in total. The van der Waals surface area contributed by atoms with Crippen molar-refractivity contribution < 1.29 is 14.3 Å². The van der Waals surface area contributed by atoms with E-state index in [9.17, 15) is 9.59 Å². The van der Waals surface area contributed by atoms with E-state index in [-0.39, 0.29) is 22.9 Å². The largest absolute Gasteiger partial charge is 0.437 e. The Hall–Kier alpha value is -2.72. The number of pyridine rings is 1. The van der Waals surface area contributed by atoms with Crippen molar-refractivity contribution >= 4 is 57.5 Å². The van der Waals surface area contributed by atoms with Gasteiger partial charge in [0.25, 0.3) is 11.5 Å². The van der Waals surface area contributed by atoms with Gasteiger partial charge in [0.1, 0.15) is 21.3 Å². The van der Waals surface area contributed by atoms with E-state index in [0.29, 0.717) is 45.2 Å². The van der Waals surface area contributed by atoms with Gasteiger partial charge < -0.3 is 9.47 Å². The van der Waals surface area contributed by atoms with E-state index in [2.05, 4.69) is 4.98 Å². The van der Waals surface area contributed by atoms with Gasteiger partial charge in [0.15, 0.2) is 0 Å². The lowest BCUT2D eigenvalue weighted by molar-refractivity contribution is -0.122. The number of thiocarbonyl (C=S) groups is 1. The number of aromatic nitrogens is 2. The Labute approximate surface area is 198 Å². The monoisotopic (exact) mass is 487 g/mol. The van der Waals surface area contributed by atoms with Crippen LogP contribution in [0, 0.1) is 0 Å². The lowest BCUT2D eigenvalue weighted by Crippen LogP contribution is -2.29. The SMILES string of the molecule is COCCCN1C(=O)/C(=C/c2c(Oc3ccccc3Cl)nc3ccccn3c2=O)SC1=S. The maximum atomic E-state index is 13.3. The molecule has 3 aromatic rings. The third kappa shape index (κ3) is 4.56. The first-order valence-electron chi connectivity index (χ1n) is 9.67. The number of hydrogen-bond acceptors (Lipinski definition) is 7. The number of hydrogen-bond donors (Lipinski definition) is 0. The van der Waals surface area contributed by atoms with Gasteiger partial charge in [-0.1, -0.05) is 53.8 Å². The summed E-state index contributed by atoms with van der Waals surface area (Å²) in [6.45, 7) is 0.954. The number of nitrogens with zero attached hydrogens (tertiary/aromatic N) is 3. The molecule has 1 saturated heterocycles. The number of amides is 1. The number of para-hydroxylation sites is 1. The van der Waals surface area contributed by atoms with E-state index in [4.69, 9.17) is 33.3 Å². The zero-order valence-electron chi connectivity index (χ0n) is 17.0. The predicted octanol–water partition coefficient (Wildman–Crippen LogP) is 4.38. The van der Waals surface area contributed by atoms with Crippen molar-refractivity contribution in [3.63, 3.8) is 0 Å². The Morgan fingerprint density at radius 1 is 1.19 bits per heavy atom. The van der Waals surface area contributed by atoms with Crippen molar-refractivity contribution in [2.75, 3.05) is 20.3 Å². The van der Waals surface area contributed by atoms with Crippen LogP contribution in [-0.4, -0.2) is 44.8 Å². The van der Waals surface area contributed by atoms with Crippen molar-refractivity contribution in [1.82, 2.24) is 14.3 Å². The first-order chi connectivity index (χ1) is 15.5. The van der Waals surface area contributed by atoms with Crippen molar-refractivity contribution in [2.24, 2.45) is 0 Å². The van der Waals surface area contributed by atoms with Gasteiger partial charge in [-0.3, -0.25) is 18.9 Å². The molecule has 10 heteroatoms. The Kier molecular flexibility index (Phi) is 6.90. The minimum atomic E-state index is -0.373. The van der Waals surface area contributed by atoms with Crippen molar-refractivity contribution in [1.29, 1.82) is 0 Å². The number of thioether (sulfide) groups is 1. The van der Waals surface area contributed by atoms with Gasteiger partial charge in [0, 0.05) is 26.5 Å². The molecule has 0 unspecified atom stereocenters. The highest BCUT2D eigenvalue weighted by Gasteiger charge is 2.32. The van der Waals surface area contributed by atoms with Crippen molar-refractivity contribution in [3.05, 3.63) is 74.5 Å². The van der Waals surface area contributed by atoms with Crippen LogP contribution in [0.1, 0.15) is 12.0 Å². The third-order valence-electron chi connectivity index (χ3n) is 4.66. The number of ether oxygens (including phenoxy) is 2. The summed E-state index contributed by atoms with van der Waals surface area (Å²) < 4.78 is 12.8. The zero-order chi connectivity index (χ0) is 22.7. The predicted molar refractivity (Wildman–Crippen MR) is 129 cm³/mol. The molecule has 1 aliphatic rings. The minimum absolute atomic E-state index is 0.0546. The summed E-state index contributed by atoms with van der Waals surface area (Å²) in [4.78, 5) is 32.5.